The summed E-state index contributed by atoms with van der Waals surface area (Å²) in [6, 6.07) is 8.15. The second-order valence-corrected chi connectivity index (χ2v) is 8.20. The van der Waals surface area contributed by atoms with Crippen LogP contribution in [0, 0.1) is 0 Å². The van der Waals surface area contributed by atoms with Gasteiger partial charge in [0.25, 0.3) is 5.91 Å². The number of thiazole rings is 1. The summed E-state index contributed by atoms with van der Waals surface area (Å²) < 4.78 is 0. The largest absolute Gasteiger partial charge is 0.279 e. The Labute approximate surface area is 174 Å². The van der Waals surface area contributed by atoms with Crippen LogP contribution in [0.25, 0.3) is 22.0 Å². The summed E-state index contributed by atoms with van der Waals surface area (Å²) in [5.74, 6) is 0.900. The first-order valence-electron chi connectivity index (χ1n) is 8.79. The van der Waals surface area contributed by atoms with Crippen LogP contribution in [0.3, 0.4) is 0 Å². The van der Waals surface area contributed by atoms with Crippen LogP contribution in [0.2, 0.25) is 0 Å². The summed E-state index contributed by atoms with van der Waals surface area (Å²) in [4.78, 5) is 37.4. The number of nitrogens with zero attached hydrogens (tertiary/aromatic N) is 6. The van der Waals surface area contributed by atoms with E-state index in [-0.39, 0.29) is 5.91 Å². The van der Waals surface area contributed by atoms with Crippen molar-refractivity contribution >= 4 is 35.0 Å². The highest BCUT2D eigenvalue weighted by molar-refractivity contribution is 7.98. The van der Waals surface area contributed by atoms with Gasteiger partial charge in [0.15, 0.2) is 0 Å². The average Bonchev–Trinajstić information content (AvgIpc) is 3.28. The van der Waals surface area contributed by atoms with Crippen molar-refractivity contribution in [1.29, 1.82) is 0 Å². The van der Waals surface area contributed by atoms with Crippen LogP contribution in [0.5, 0.6) is 0 Å². The molecule has 5 rings (SSSR count). The highest BCUT2D eigenvalue weighted by Gasteiger charge is 2.23. The van der Waals surface area contributed by atoms with Crippen LogP contribution in [0.1, 0.15) is 16.1 Å². The number of benzene rings is 1. The lowest BCUT2D eigenvalue weighted by Gasteiger charge is -2.20. The maximum atomic E-state index is 13.0. The molecule has 4 aromatic rings. The minimum atomic E-state index is -0.269. The first kappa shape index (κ1) is 17.9. The van der Waals surface area contributed by atoms with Gasteiger partial charge in [0, 0.05) is 52.8 Å². The molecule has 9 heteroatoms. The van der Waals surface area contributed by atoms with E-state index in [0.29, 0.717) is 22.3 Å². The molecule has 0 atom stereocenters. The molecule has 1 aliphatic rings. The quantitative estimate of drug-likeness (QED) is 0.498. The first-order chi connectivity index (χ1) is 14.2. The Balaban J connectivity index is 1.45. The number of carbonyl (C=O) groups excluding carboxylic acids is 1. The molecular weight excluding hydrogens is 404 g/mol. The van der Waals surface area contributed by atoms with Gasteiger partial charge in [0.2, 0.25) is 5.95 Å². The number of rotatable bonds is 3. The molecule has 0 unspecified atom stereocenters. The lowest BCUT2D eigenvalue weighted by Crippen LogP contribution is -2.28. The molecule has 7 nitrogen and oxygen atoms in total. The molecule has 0 bridgehead atoms. The molecule has 0 saturated heterocycles. The van der Waals surface area contributed by atoms with Crippen LogP contribution >= 0.6 is 23.1 Å². The van der Waals surface area contributed by atoms with E-state index >= 15 is 0 Å². The standard InChI is InChI=1S/C20H14N6OS2/c1-26(19(27)15-11-29-18(24-15)14-9-21-6-7-22-14)20-23-8-12-10-28-16-5-3-2-4-13(16)17(12)25-20/h2-9,11H,10H2,1H3. The summed E-state index contributed by atoms with van der Waals surface area (Å²) in [7, 11) is 1.66. The van der Waals surface area contributed by atoms with Gasteiger partial charge in [-0.05, 0) is 6.07 Å². The van der Waals surface area contributed by atoms with Crippen molar-refractivity contribution in [3.8, 4) is 22.0 Å². The Morgan fingerprint density at radius 2 is 2.00 bits per heavy atom. The molecule has 1 aromatic carbocycles. The molecule has 0 spiro atoms. The Hall–Kier alpha value is -3.17. The normalized spacial score (nSPS) is 12.2. The zero-order valence-corrected chi connectivity index (χ0v) is 16.9. The van der Waals surface area contributed by atoms with Crippen LogP contribution in [-0.4, -0.2) is 37.9 Å². The van der Waals surface area contributed by atoms with Crippen LogP contribution < -0.4 is 4.90 Å². The molecule has 1 aliphatic heterocycles. The van der Waals surface area contributed by atoms with E-state index in [1.54, 1.807) is 49.0 Å². The van der Waals surface area contributed by atoms with Crippen molar-refractivity contribution in [2.75, 3.05) is 11.9 Å². The lowest BCUT2D eigenvalue weighted by molar-refractivity contribution is 0.0987. The summed E-state index contributed by atoms with van der Waals surface area (Å²) in [6.07, 6.45) is 6.62. The lowest BCUT2D eigenvalue weighted by atomic mass is 10.1. The number of aromatic nitrogens is 5. The van der Waals surface area contributed by atoms with Gasteiger partial charge in [0.05, 0.1) is 11.9 Å². The molecule has 0 N–H and O–H groups in total. The molecular formula is C20H14N6OS2. The number of amides is 1. The summed E-state index contributed by atoms with van der Waals surface area (Å²) in [5, 5.41) is 2.36. The van der Waals surface area contributed by atoms with Crippen molar-refractivity contribution in [1.82, 2.24) is 24.9 Å². The van der Waals surface area contributed by atoms with Gasteiger partial charge < -0.3 is 0 Å². The van der Waals surface area contributed by atoms with E-state index in [1.165, 1.54) is 21.1 Å². The minimum absolute atomic E-state index is 0.269. The van der Waals surface area contributed by atoms with Crippen molar-refractivity contribution in [3.05, 3.63) is 65.7 Å². The third kappa shape index (κ3) is 3.28. The monoisotopic (exact) mass is 418 g/mol. The first-order valence-corrected chi connectivity index (χ1v) is 10.7. The van der Waals surface area contributed by atoms with Crippen LogP contribution in [0.4, 0.5) is 5.95 Å². The van der Waals surface area contributed by atoms with E-state index < -0.39 is 0 Å². The Morgan fingerprint density at radius 1 is 1.10 bits per heavy atom. The van der Waals surface area contributed by atoms with Gasteiger partial charge in [-0.2, -0.15) is 0 Å². The molecule has 29 heavy (non-hydrogen) atoms. The molecule has 0 aliphatic carbocycles. The number of carbonyl (C=O) groups is 1. The highest BCUT2D eigenvalue weighted by Crippen LogP contribution is 2.40. The predicted octanol–water partition coefficient (Wildman–Crippen LogP) is 3.94. The maximum absolute atomic E-state index is 13.0. The summed E-state index contributed by atoms with van der Waals surface area (Å²) in [6.45, 7) is 0. The molecule has 0 saturated carbocycles. The Bertz CT molecular complexity index is 1210. The van der Waals surface area contributed by atoms with Crippen molar-refractivity contribution in [2.45, 2.75) is 10.6 Å². The predicted molar refractivity (Wildman–Crippen MR) is 113 cm³/mol. The fraction of sp³-hybridized carbons (Fsp3) is 0.100. The van der Waals surface area contributed by atoms with Gasteiger partial charge >= 0.3 is 0 Å². The highest BCUT2D eigenvalue weighted by atomic mass is 32.2. The van der Waals surface area contributed by atoms with E-state index in [4.69, 9.17) is 4.98 Å². The maximum Gasteiger partial charge on any atom is 0.279 e. The molecule has 1 amide bonds. The number of anilines is 1. The smallest absolute Gasteiger partial charge is 0.278 e. The molecule has 0 radical (unpaired) electrons. The van der Waals surface area contributed by atoms with E-state index in [0.717, 1.165) is 22.6 Å². The van der Waals surface area contributed by atoms with Gasteiger partial charge in [0.1, 0.15) is 16.4 Å². The fourth-order valence-electron chi connectivity index (χ4n) is 3.00. The van der Waals surface area contributed by atoms with Crippen LogP contribution in [-0.2, 0) is 5.75 Å². The number of hydrogen-bond acceptors (Lipinski definition) is 8. The second kappa shape index (κ2) is 7.34. The Kier molecular flexibility index (Phi) is 4.53. The van der Waals surface area contributed by atoms with Gasteiger partial charge in [-0.1, -0.05) is 18.2 Å². The molecule has 142 valence electrons. The van der Waals surface area contributed by atoms with E-state index in [2.05, 4.69) is 26.0 Å². The van der Waals surface area contributed by atoms with Crippen molar-refractivity contribution in [3.63, 3.8) is 0 Å². The topological polar surface area (TPSA) is 84.8 Å². The number of thioether (sulfide) groups is 1. The van der Waals surface area contributed by atoms with Crippen molar-refractivity contribution < 1.29 is 4.79 Å². The zero-order chi connectivity index (χ0) is 19.8. The Morgan fingerprint density at radius 3 is 2.86 bits per heavy atom. The summed E-state index contributed by atoms with van der Waals surface area (Å²) >= 11 is 3.12. The van der Waals surface area contributed by atoms with Crippen molar-refractivity contribution in [2.24, 2.45) is 0 Å². The summed E-state index contributed by atoms with van der Waals surface area (Å²) in [5.41, 5.74) is 3.98. The number of hydrogen-bond donors (Lipinski definition) is 0. The average molecular weight is 419 g/mol. The van der Waals surface area contributed by atoms with Gasteiger partial charge in [-0.25, -0.2) is 15.0 Å². The van der Waals surface area contributed by atoms with Gasteiger partial charge in [-0.15, -0.1) is 23.1 Å². The molecule has 0 fully saturated rings. The minimum Gasteiger partial charge on any atom is -0.278 e. The third-order valence-electron chi connectivity index (χ3n) is 4.49. The number of fused-ring (bicyclic) bond motifs is 3. The SMILES string of the molecule is CN(C(=O)c1csc(-c2cnccn2)n1)c1ncc2c(n1)-c1ccccc1SC2. The van der Waals surface area contributed by atoms with E-state index in [1.807, 2.05) is 18.2 Å². The second-order valence-electron chi connectivity index (χ2n) is 6.32. The van der Waals surface area contributed by atoms with E-state index in [9.17, 15) is 4.79 Å². The third-order valence-corrected chi connectivity index (χ3v) is 6.47. The van der Waals surface area contributed by atoms with Crippen LogP contribution in [0.15, 0.2) is 59.3 Å². The van der Waals surface area contributed by atoms with Gasteiger partial charge in [-0.3, -0.25) is 19.7 Å². The zero-order valence-electron chi connectivity index (χ0n) is 15.3. The molecule has 3 aromatic heterocycles. The fourth-order valence-corrected chi connectivity index (χ4v) is 4.77. The molecule has 4 heterocycles.